The van der Waals surface area contributed by atoms with Crippen molar-refractivity contribution in [3.8, 4) is 11.5 Å². The maximum Gasteiger partial charge on any atom is 0.344 e. The van der Waals surface area contributed by atoms with Crippen molar-refractivity contribution >= 4 is 17.9 Å². The van der Waals surface area contributed by atoms with Gasteiger partial charge in [-0.1, -0.05) is 31.9 Å². The molecule has 0 spiro atoms. The molecule has 1 aromatic carbocycles. The lowest BCUT2D eigenvalue weighted by molar-refractivity contribution is -0.150. The molecular weight excluding hydrogens is 352 g/mol. The number of esters is 1. The van der Waals surface area contributed by atoms with E-state index in [1.54, 1.807) is 24.3 Å². The molecule has 0 bridgehead atoms. The summed E-state index contributed by atoms with van der Waals surface area (Å²) in [7, 11) is 1.49. The lowest BCUT2D eigenvalue weighted by Crippen LogP contribution is -2.48. The molecule has 0 heterocycles. The molecule has 3 amide bonds. The third-order valence-corrected chi connectivity index (χ3v) is 4.46. The Morgan fingerprint density at radius 3 is 2.48 bits per heavy atom. The summed E-state index contributed by atoms with van der Waals surface area (Å²) in [5.41, 5.74) is 0. The molecule has 1 saturated carbocycles. The largest absolute Gasteiger partial charge is 0.493 e. The molecule has 1 fully saturated rings. The first-order valence-electron chi connectivity index (χ1n) is 9.01. The fourth-order valence-electron chi connectivity index (χ4n) is 2.96. The van der Waals surface area contributed by atoms with E-state index in [1.807, 2.05) is 0 Å². The van der Waals surface area contributed by atoms with E-state index < -0.39 is 24.5 Å². The molecule has 2 N–H and O–H groups in total. The molecule has 2 unspecified atom stereocenters. The number of imide groups is 1. The zero-order valence-electron chi connectivity index (χ0n) is 15.7. The normalized spacial score (nSPS) is 18.9. The van der Waals surface area contributed by atoms with Gasteiger partial charge in [-0.15, -0.1) is 0 Å². The van der Waals surface area contributed by atoms with Crippen molar-refractivity contribution < 1.29 is 28.6 Å². The molecule has 1 aromatic rings. The molecule has 1 aliphatic rings. The van der Waals surface area contributed by atoms with Crippen molar-refractivity contribution in [1.29, 1.82) is 0 Å². The van der Waals surface area contributed by atoms with Gasteiger partial charge in [0.2, 0.25) is 0 Å². The van der Waals surface area contributed by atoms with Crippen molar-refractivity contribution in [2.75, 3.05) is 20.3 Å². The summed E-state index contributed by atoms with van der Waals surface area (Å²) in [5.74, 6) is -0.164. The highest BCUT2D eigenvalue weighted by molar-refractivity contribution is 5.95. The van der Waals surface area contributed by atoms with Crippen LogP contribution in [0.15, 0.2) is 24.3 Å². The highest BCUT2D eigenvalue weighted by Gasteiger charge is 2.23. The van der Waals surface area contributed by atoms with Crippen molar-refractivity contribution in [3.05, 3.63) is 24.3 Å². The van der Waals surface area contributed by atoms with Crippen molar-refractivity contribution in [2.24, 2.45) is 5.92 Å². The van der Waals surface area contributed by atoms with Crippen LogP contribution in [0.3, 0.4) is 0 Å². The van der Waals surface area contributed by atoms with Crippen LogP contribution in [0.2, 0.25) is 0 Å². The molecule has 1 aliphatic carbocycles. The minimum atomic E-state index is -0.725. The van der Waals surface area contributed by atoms with Crippen LogP contribution in [0.1, 0.15) is 32.6 Å². The van der Waals surface area contributed by atoms with E-state index in [9.17, 15) is 14.4 Å². The molecule has 0 radical (unpaired) electrons. The standard InChI is InChI=1S/C19H26N2O6/c1-13-7-3-4-8-14(13)20-19(24)21-17(22)11-27-18(23)12-26-16-10-6-5-9-15(16)25-2/h5-6,9-10,13-14H,3-4,7-8,11-12H2,1-2H3,(H2,20,21,22,24). The predicted molar refractivity (Wildman–Crippen MR) is 97.5 cm³/mol. The van der Waals surface area contributed by atoms with Crippen LogP contribution >= 0.6 is 0 Å². The molecule has 148 valence electrons. The Morgan fingerprint density at radius 2 is 1.78 bits per heavy atom. The average molecular weight is 378 g/mol. The fourth-order valence-corrected chi connectivity index (χ4v) is 2.96. The average Bonchev–Trinajstić information content (AvgIpc) is 2.66. The third-order valence-electron chi connectivity index (χ3n) is 4.46. The predicted octanol–water partition coefficient (Wildman–Crippen LogP) is 2.02. The Hall–Kier alpha value is -2.77. The van der Waals surface area contributed by atoms with Crippen LogP contribution in [-0.4, -0.2) is 44.3 Å². The van der Waals surface area contributed by atoms with Gasteiger partial charge >= 0.3 is 12.0 Å². The number of urea groups is 1. The molecule has 8 heteroatoms. The first kappa shape index (κ1) is 20.5. The second kappa shape index (κ2) is 10.4. The number of nitrogens with one attached hydrogen (secondary N) is 2. The Labute approximate surface area is 158 Å². The zero-order chi connectivity index (χ0) is 19.6. The van der Waals surface area contributed by atoms with Crippen LogP contribution in [-0.2, 0) is 14.3 Å². The lowest BCUT2D eigenvalue weighted by Gasteiger charge is -2.29. The SMILES string of the molecule is COc1ccccc1OCC(=O)OCC(=O)NC(=O)NC1CCCCC1C. The number of hydrogen-bond donors (Lipinski definition) is 2. The van der Waals surface area contributed by atoms with E-state index in [1.165, 1.54) is 7.11 Å². The molecule has 27 heavy (non-hydrogen) atoms. The zero-order valence-corrected chi connectivity index (χ0v) is 15.7. The lowest BCUT2D eigenvalue weighted by atomic mass is 9.86. The summed E-state index contributed by atoms with van der Waals surface area (Å²) in [6, 6.07) is 6.34. The monoisotopic (exact) mass is 378 g/mol. The fraction of sp³-hybridized carbons (Fsp3) is 0.526. The molecule has 2 rings (SSSR count). The minimum Gasteiger partial charge on any atom is -0.493 e. The van der Waals surface area contributed by atoms with Crippen LogP contribution < -0.4 is 20.1 Å². The van der Waals surface area contributed by atoms with Gasteiger partial charge in [-0.2, -0.15) is 0 Å². The number of ether oxygens (including phenoxy) is 3. The van der Waals surface area contributed by atoms with Gasteiger partial charge in [0.1, 0.15) is 0 Å². The Balaban J connectivity index is 1.67. The Bertz CT molecular complexity index is 663. The van der Waals surface area contributed by atoms with Gasteiger partial charge in [0.05, 0.1) is 7.11 Å². The number of carbonyl (C=O) groups excluding carboxylic acids is 3. The summed E-state index contributed by atoms with van der Waals surface area (Å²) in [6.07, 6.45) is 4.18. The Morgan fingerprint density at radius 1 is 1.07 bits per heavy atom. The van der Waals surface area contributed by atoms with E-state index in [-0.39, 0.29) is 12.6 Å². The number of rotatable bonds is 7. The first-order chi connectivity index (χ1) is 13.0. The smallest absolute Gasteiger partial charge is 0.344 e. The maximum atomic E-state index is 11.9. The highest BCUT2D eigenvalue weighted by Crippen LogP contribution is 2.25. The first-order valence-corrected chi connectivity index (χ1v) is 9.01. The van der Waals surface area contributed by atoms with Crippen molar-refractivity contribution in [1.82, 2.24) is 10.6 Å². The van der Waals surface area contributed by atoms with Gasteiger partial charge in [0.25, 0.3) is 5.91 Å². The third kappa shape index (κ3) is 6.80. The molecule has 0 saturated heterocycles. The van der Waals surface area contributed by atoms with Crippen molar-refractivity contribution in [2.45, 2.75) is 38.6 Å². The van der Waals surface area contributed by atoms with Crippen LogP contribution in [0, 0.1) is 5.92 Å². The number of methoxy groups -OCH3 is 1. The van der Waals surface area contributed by atoms with Crippen LogP contribution in [0.5, 0.6) is 11.5 Å². The summed E-state index contributed by atoms with van der Waals surface area (Å²) in [5, 5.41) is 4.96. The summed E-state index contributed by atoms with van der Waals surface area (Å²) in [4.78, 5) is 35.3. The van der Waals surface area contributed by atoms with Gasteiger partial charge in [-0.05, 0) is 30.9 Å². The Kier molecular flexibility index (Phi) is 7.91. The van der Waals surface area contributed by atoms with Gasteiger partial charge < -0.3 is 19.5 Å². The van der Waals surface area contributed by atoms with E-state index in [2.05, 4.69) is 17.6 Å². The van der Waals surface area contributed by atoms with Gasteiger partial charge in [-0.25, -0.2) is 9.59 Å². The number of benzene rings is 1. The highest BCUT2D eigenvalue weighted by atomic mass is 16.6. The molecule has 2 atom stereocenters. The minimum absolute atomic E-state index is 0.0587. The quantitative estimate of drug-likeness (QED) is 0.704. The van der Waals surface area contributed by atoms with E-state index in [0.717, 1.165) is 25.7 Å². The molecule has 8 nitrogen and oxygen atoms in total. The summed E-state index contributed by atoms with van der Waals surface area (Å²) < 4.78 is 15.2. The van der Waals surface area contributed by atoms with Crippen molar-refractivity contribution in [3.63, 3.8) is 0 Å². The number of amides is 3. The summed E-state index contributed by atoms with van der Waals surface area (Å²) >= 11 is 0. The van der Waals surface area contributed by atoms with Gasteiger partial charge in [-0.3, -0.25) is 10.1 Å². The molecule has 0 aliphatic heterocycles. The topological polar surface area (TPSA) is 103 Å². The maximum absolute atomic E-state index is 11.9. The van der Waals surface area contributed by atoms with E-state index in [4.69, 9.17) is 14.2 Å². The number of carbonyl (C=O) groups is 3. The second-order valence-electron chi connectivity index (χ2n) is 6.49. The molecular formula is C19H26N2O6. The van der Waals surface area contributed by atoms with Gasteiger partial charge in [0.15, 0.2) is 24.7 Å². The second-order valence-corrected chi connectivity index (χ2v) is 6.49. The summed E-state index contributed by atoms with van der Waals surface area (Å²) in [6.45, 7) is 1.15. The molecule has 0 aromatic heterocycles. The number of hydrogen-bond acceptors (Lipinski definition) is 6. The van der Waals surface area contributed by atoms with Crippen LogP contribution in [0.4, 0.5) is 4.79 Å². The number of para-hydroxylation sites is 2. The van der Waals surface area contributed by atoms with Gasteiger partial charge in [0, 0.05) is 6.04 Å². The van der Waals surface area contributed by atoms with E-state index in [0.29, 0.717) is 17.4 Å². The van der Waals surface area contributed by atoms with Crippen LogP contribution in [0.25, 0.3) is 0 Å². The van der Waals surface area contributed by atoms with E-state index >= 15 is 0 Å².